The van der Waals surface area contributed by atoms with E-state index in [9.17, 15) is 9.59 Å². The number of para-hydroxylation sites is 1. The monoisotopic (exact) mass is 489 g/mol. The Morgan fingerprint density at radius 3 is 2.41 bits per heavy atom. The topological polar surface area (TPSA) is 102 Å². The fourth-order valence-corrected chi connectivity index (χ4v) is 3.71. The zero-order valence-corrected chi connectivity index (χ0v) is 19.7. The zero-order valence-electron chi connectivity index (χ0n) is 19.7. The number of carbonyl (C=O) groups is 2. The molecule has 3 heterocycles. The highest BCUT2D eigenvalue weighted by Crippen LogP contribution is 2.25. The molecule has 5 aromatic rings. The van der Waals surface area contributed by atoms with Crippen molar-refractivity contribution in [3.63, 3.8) is 0 Å². The number of carbonyl (C=O) groups excluding carboxylic acids is 2. The van der Waals surface area contributed by atoms with Gasteiger partial charge >= 0.3 is 0 Å². The Labute approximate surface area is 213 Å². The quantitative estimate of drug-likeness (QED) is 0.310. The molecular formula is C29H23N5O3. The Morgan fingerprint density at radius 2 is 1.70 bits per heavy atom. The minimum absolute atomic E-state index is 0.0677. The molecule has 3 aromatic heterocycles. The number of furan rings is 1. The van der Waals surface area contributed by atoms with Gasteiger partial charge in [0.25, 0.3) is 11.8 Å². The van der Waals surface area contributed by atoms with Crippen LogP contribution in [0.2, 0.25) is 0 Å². The van der Waals surface area contributed by atoms with Gasteiger partial charge in [0.15, 0.2) is 0 Å². The Kier molecular flexibility index (Phi) is 6.99. The lowest BCUT2D eigenvalue weighted by atomic mass is 10.1. The van der Waals surface area contributed by atoms with E-state index in [-0.39, 0.29) is 12.2 Å². The number of pyridine rings is 1. The van der Waals surface area contributed by atoms with E-state index < -0.39 is 11.8 Å². The Bertz CT molecular complexity index is 1510. The normalized spacial score (nSPS) is 11.2. The lowest BCUT2D eigenvalue weighted by Gasteiger charge is -2.11. The van der Waals surface area contributed by atoms with Crippen molar-refractivity contribution < 1.29 is 14.0 Å². The van der Waals surface area contributed by atoms with Crippen molar-refractivity contribution in [3.8, 4) is 16.9 Å². The second kappa shape index (κ2) is 11.0. The fourth-order valence-electron chi connectivity index (χ4n) is 3.71. The molecule has 2 aromatic carbocycles. The van der Waals surface area contributed by atoms with Crippen molar-refractivity contribution in [3.05, 3.63) is 132 Å². The predicted octanol–water partition coefficient (Wildman–Crippen LogP) is 4.61. The minimum atomic E-state index is -0.467. The Morgan fingerprint density at radius 1 is 0.919 bits per heavy atom. The molecule has 182 valence electrons. The van der Waals surface area contributed by atoms with Crippen LogP contribution in [0, 0.1) is 0 Å². The van der Waals surface area contributed by atoms with Gasteiger partial charge < -0.3 is 15.1 Å². The number of hydrogen-bond donors (Lipinski definition) is 2. The summed E-state index contributed by atoms with van der Waals surface area (Å²) >= 11 is 0. The van der Waals surface area contributed by atoms with Gasteiger partial charge in [0.05, 0.1) is 18.5 Å². The highest BCUT2D eigenvalue weighted by Gasteiger charge is 2.18. The summed E-state index contributed by atoms with van der Waals surface area (Å²) < 4.78 is 7.05. The molecule has 8 nitrogen and oxygen atoms in total. The van der Waals surface area contributed by atoms with Crippen LogP contribution in [0.25, 0.3) is 23.0 Å². The van der Waals surface area contributed by atoms with E-state index in [4.69, 9.17) is 9.52 Å². The van der Waals surface area contributed by atoms with Gasteiger partial charge in [-0.05, 0) is 54.6 Å². The number of nitrogens with one attached hydrogen (secondary N) is 2. The molecule has 0 fully saturated rings. The third-order valence-corrected chi connectivity index (χ3v) is 5.53. The molecule has 0 bridgehead atoms. The Hall–Kier alpha value is -5.24. The van der Waals surface area contributed by atoms with Crippen molar-refractivity contribution in [2.75, 3.05) is 0 Å². The van der Waals surface area contributed by atoms with Crippen molar-refractivity contribution in [2.45, 2.75) is 6.54 Å². The molecular weight excluding hydrogens is 466 g/mol. The van der Waals surface area contributed by atoms with Crippen LogP contribution in [-0.2, 0) is 11.3 Å². The third-order valence-electron chi connectivity index (χ3n) is 5.53. The number of aromatic nitrogens is 3. The summed E-state index contributed by atoms with van der Waals surface area (Å²) in [6, 6.07) is 25.6. The molecule has 0 aliphatic carbocycles. The number of nitrogens with zero attached hydrogens (tertiary/aromatic N) is 3. The maximum atomic E-state index is 13.3. The molecule has 0 unspecified atom stereocenters. The van der Waals surface area contributed by atoms with E-state index in [1.807, 2.05) is 54.7 Å². The van der Waals surface area contributed by atoms with Crippen LogP contribution < -0.4 is 10.6 Å². The van der Waals surface area contributed by atoms with Crippen molar-refractivity contribution in [1.29, 1.82) is 0 Å². The maximum absolute atomic E-state index is 13.3. The van der Waals surface area contributed by atoms with Gasteiger partial charge in [-0.25, -0.2) is 4.68 Å². The summed E-state index contributed by atoms with van der Waals surface area (Å²) in [6.07, 6.45) is 8.35. The molecule has 0 saturated heterocycles. The first-order valence-electron chi connectivity index (χ1n) is 11.6. The molecule has 0 aliphatic rings. The molecule has 0 radical (unpaired) electrons. The van der Waals surface area contributed by atoms with Gasteiger partial charge in [0.2, 0.25) is 0 Å². The SMILES string of the molecule is O=C(NCc1ccco1)/C(=C\c1cn(-c2ccccc2)nc1-c1cccnc1)NC(=O)c1ccccc1. The summed E-state index contributed by atoms with van der Waals surface area (Å²) in [5, 5.41) is 10.3. The van der Waals surface area contributed by atoms with Crippen molar-refractivity contribution in [1.82, 2.24) is 25.4 Å². The summed E-state index contributed by atoms with van der Waals surface area (Å²) in [4.78, 5) is 30.5. The summed E-state index contributed by atoms with van der Waals surface area (Å²) in [5.74, 6) is -0.279. The first kappa shape index (κ1) is 23.5. The number of rotatable bonds is 8. The molecule has 2 N–H and O–H groups in total. The van der Waals surface area contributed by atoms with Gasteiger partial charge in [-0.15, -0.1) is 0 Å². The molecule has 8 heteroatoms. The fraction of sp³-hybridized carbons (Fsp3) is 0.0345. The summed E-state index contributed by atoms with van der Waals surface area (Å²) in [5.41, 5.74) is 3.37. The average molecular weight is 490 g/mol. The van der Waals surface area contributed by atoms with Crippen molar-refractivity contribution >= 4 is 17.9 Å². The molecule has 5 rings (SSSR count). The highest BCUT2D eigenvalue weighted by molar-refractivity contribution is 6.05. The summed E-state index contributed by atoms with van der Waals surface area (Å²) in [6.45, 7) is 0.170. The Balaban J connectivity index is 1.54. The molecule has 0 saturated carbocycles. The van der Waals surface area contributed by atoms with Crippen molar-refractivity contribution in [2.24, 2.45) is 0 Å². The van der Waals surface area contributed by atoms with Crippen LogP contribution in [-0.4, -0.2) is 26.6 Å². The van der Waals surface area contributed by atoms with Crippen LogP contribution in [0.5, 0.6) is 0 Å². The molecule has 37 heavy (non-hydrogen) atoms. The number of amides is 2. The van der Waals surface area contributed by atoms with E-state index >= 15 is 0 Å². The van der Waals surface area contributed by atoms with E-state index in [2.05, 4.69) is 15.6 Å². The van der Waals surface area contributed by atoms with E-state index in [0.717, 1.165) is 11.3 Å². The van der Waals surface area contributed by atoms with Crippen LogP contribution in [0.3, 0.4) is 0 Å². The molecule has 0 aliphatic heterocycles. The molecule has 0 atom stereocenters. The lowest BCUT2D eigenvalue weighted by Crippen LogP contribution is -2.34. The minimum Gasteiger partial charge on any atom is -0.467 e. The lowest BCUT2D eigenvalue weighted by molar-refractivity contribution is -0.118. The standard InChI is InChI=1S/C29H23N5O3/c35-28(21-9-3-1-4-10-21)32-26(29(36)31-19-25-14-8-16-37-25)17-23-20-34(24-12-5-2-6-13-24)33-27(23)22-11-7-15-30-18-22/h1-18,20H,19H2,(H,31,36)(H,32,35)/b26-17+. The van der Waals surface area contributed by atoms with Gasteiger partial charge in [-0.3, -0.25) is 14.6 Å². The molecule has 0 spiro atoms. The first-order chi connectivity index (χ1) is 18.2. The van der Waals surface area contributed by atoms with Crippen LogP contribution in [0.4, 0.5) is 0 Å². The van der Waals surface area contributed by atoms with E-state index in [0.29, 0.717) is 22.6 Å². The zero-order chi connectivity index (χ0) is 25.5. The van der Waals surface area contributed by atoms with Crippen LogP contribution in [0.1, 0.15) is 21.7 Å². The van der Waals surface area contributed by atoms with Gasteiger partial charge in [0, 0.05) is 35.3 Å². The number of hydrogen-bond acceptors (Lipinski definition) is 5. The van der Waals surface area contributed by atoms with Gasteiger partial charge in [0.1, 0.15) is 17.2 Å². The molecule has 2 amide bonds. The third kappa shape index (κ3) is 5.71. The second-order valence-corrected chi connectivity index (χ2v) is 8.10. The van der Waals surface area contributed by atoms with Gasteiger partial charge in [-0.1, -0.05) is 36.4 Å². The van der Waals surface area contributed by atoms with Crippen LogP contribution in [0.15, 0.2) is 120 Å². The maximum Gasteiger partial charge on any atom is 0.268 e. The van der Waals surface area contributed by atoms with Gasteiger partial charge in [-0.2, -0.15) is 5.10 Å². The number of benzene rings is 2. The van der Waals surface area contributed by atoms with Crippen LogP contribution >= 0.6 is 0 Å². The average Bonchev–Trinajstić information content (AvgIpc) is 3.63. The largest absolute Gasteiger partial charge is 0.467 e. The van der Waals surface area contributed by atoms with E-state index in [1.165, 1.54) is 6.26 Å². The predicted molar refractivity (Wildman–Crippen MR) is 139 cm³/mol. The van der Waals surface area contributed by atoms with E-state index in [1.54, 1.807) is 59.5 Å². The first-order valence-corrected chi connectivity index (χ1v) is 11.6. The highest BCUT2D eigenvalue weighted by atomic mass is 16.3. The second-order valence-electron chi connectivity index (χ2n) is 8.10. The smallest absolute Gasteiger partial charge is 0.268 e. The summed E-state index contributed by atoms with van der Waals surface area (Å²) in [7, 11) is 0.